The van der Waals surface area contributed by atoms with Gasteiger partial charge in [-0.05, 0) is 57.5 Å². The van der Waals surface area contributed by atoms with Crippen molar-refractivity contribution in [1.82, 2.24) is 4.90 Å². The largest absolute Gasteiger partial charge is 0.497 e. The number of anilines is 1. The summed E-state index contributed by atoms with van der Waals surface area (Å²) in [5.41, 5.74) is 1.60. The summed E-state index contributed by atoms with van der Waals surface area (Å²) in [5, 5.41) is 3.13. The second kappa shape index (κ2) is 11.1. The summed E-state index contributed by atoms with van der Waals surface area (Å²) in [6.07, 6.45) is 0.0193. The molecule has 2 aromatic rings. The molecule has 0 saturated heterocycles. The molecule has 2 aromatic carbocycles. The summed E-state index contributed by atoms with van der Waals surface area (Å²) in [6.45, 7) is 8.09. The molecule has 0 aliphatic carbocycles. The topological polar surface area (TPSA) is 86.3 Å². The molecule has 0 fully saturated rings. The highest BCUT2D eigenvalue weighted by Gasteiger charge is 2.39. The lowest BCUT2D eigenvalue weighted by Crippen LogP contribution is -2.35. The molecular formula is C26H32N2O6. The molecule has 1 heterocycles. The zero-order valence-corrected chi connectivity index (χ0v) is 20.5. The van der Waals surface area contributed by atoms with Gasteiger partial charge in [0.25, 0.3) is 11.8 Å². The van der Waals surface area contributed by atoms with Crippen LogP contribution in [-0.2, 0) is 14.3 Å². The first-order valence-corrected chi connectivity index (χ1v) is 11.2. The van der Waals surface area contributed by atoms with E-state index in [0.29, 0.717) is 28.5 Å². The molecule has 182 valence electrons. The fourth-order valence-corrected chi connectivity index (χ4v) is 3.55. The number of benzene rings is 2. The fraction of sp³-hybridized carbons (Fsp3) is 0.385. The van der Waals surface area contributed by atoms with Gasteiger partial charge in [0.15, 0.2) is 0 Å². The molecule has 0 saturated carbocycles. The van der Waals surface area contributed by atoms with Crippen molar-refractivity contribution >= 4 is 23.1 Å². The molecule has 1 N–H and O–H groups in total. The van der Waals surface area contributed by atoms with Gasteiger partial charge in [0.1, 0.15) is 22.9 Å². The van der Waals surface area contributed by atoms with Crippen molar-refractivity contribution < 1.29 is 28.5 Å². The molecule has 8 nitrogen and oxygen atoms in total. The van der Waals surface area contributed by atoms with Crippen LogP contribution in [0.1, 0.15) is 33.3 Å². The van der Waals surface area contributed by atoms with Gasteiger partial charge in [0.05, 0.1) is 50.8 Å². The van der Waals surface area contributed by atoms with Gasteiger partial charge in [-0.25, -0.2) is 0 Å². The number of rotatable bonds is 11. The number of carbonyl (C=O) groups excluding carboxylic acids is 2. The van der Waals surface area contributed by atoms with Crippen molar-refractivity contribution in [2.45, 2.75) is 39.9 Å². The molecule has 0 aromatic heterocycles. The Hall–Kier alpha value is -3.52. The van der Waals surface area contributed by atoms with Crippen LogP contribution >= 0.6 is 0 Å². The average molecular weight is 469 g/mol. The van der Waals surface area contributed by atoms with E-state index < -0.39 is 5.91 Å². The van der Waals surface area contributed by atoms with Crippen molar-refractivity contribution in [3.05, 3.63) is 53.7 Å². The van der Waals surface area contributed by atoms with Gasteiger partial charge < -0.3 is 24.3 Å². The zero-order chi connectivity index (χ0) is 24.8. The molecule has 2 amide bonds. The van der Waals surface area contributed by atoms with Crippen molar-refractivity contribution in [2.24, 2.45) is 0 Å². The summed E-state index contributed by atoms with van der Waals surface area (Å²) >= 11 is 0. The lowest BCUT2D eigenvalue weighted by atomic mass is 10.0. The molecule has 8 heteroatoms. The summed E-state index contributed by atoms with van der Waals surface area (Å²) < 4.78 is 22.0. The van der Waals surface area contributed by atoms with E-state index in [9.17, 15) is 9.59 Å². The second-order valence-corrected chi connectivity index (χ2v) is 8.31. The number of hydrogen-bond donors (Lipinski definition) is 1. The van der Waals surface area contributed by atoms with Gasteiger partial charge in [-0.1, -0.05) is 12.1 Å². The smallest absolute Gasteiger partial charge is 0.278 e. The van der Waals surface area contributed by atoms with Crippen LogP contribution in [0.25, 0.3) is 5.57 Å². The highest BCUT2D eigenvalue weighted by molar-refractivity contribution is 6.36. The number of amides is 2. The molecule has 0 radical (unpaired) electrons. The van der Waals surface area contributed by atoms with Gasteiger partial charge in [-0.15, -0.1) is 0 Å². The summed E-state index contributed by atoms with van der Waals surface area (Å²) in [4.78, 5) is 27.9. The quantitative estimate of drug-likeness (QED) is 0.497. The molecule has 3 rings (SSSR count). The van der Waals surface area contributed by atoms with E-state index in [1.165, 1.54) is 12.0 Å². The summed E-state index contributed by atoms with van der Waals surface area (Å²) in [7, 11) is 3.09. The Kier molecular flexibility index (Phi) is 8.17. The summed E-state index contributed by atoms with van der Waals surface area (Å²) in [5.74, 6) is 0.967. The Morgan fingerprint density at radius 2 is 1.53 bits per heavy atom. The zero-order valence-electron chi connectivity index (χ0n) is 20.5. The Morgan fingerprint density at radius 3 is 2.12 bits per heavy atom. The third-order valence-corrected chi connectivity index (χ3v) is 5.12. The van der Waals surface area contributed by atoms with Gasteiger partial charge in [-0.3, -0.25) is 14.5 Å². The van der Waals surface area contributed by atoms with Gasteiger partial charge in [0, 0.05) is 6.07 Å². The first kappa shape index (κ1) is 25.1. The normalized spacial score (nSPS) is 13.8. The van der Waals surface area contributed by atoms with Crippen molar-refractivity contribution in [2.75, 3.05) is 32.7 Å². The van der Waals surface area contributed by atoms with E-state index in [0.717, 1.165) is 0 Å². The highest BCUT2D eigenvalue weighted by Crippen LogP contribution is 2.35. The number of imide groups is 1. The van der Waals surface area contributed by atoms with E-state index in [1.807, 2.05) is 27.7 Å². The minimum atomic E-state index is -0.423. The lowest BCUT2D eigenvalue weighted by molar-refractivity contribution is -0.137. The highest BCUT2D eigenvalue weighted by atomic mass is 16.5. The molecule has 1 aliphatic heterocycles. The van der Waals surface area contributed by atoms with Crippen LogP contribution in [0.4, 0.5) is 5.69 Å². The third kappa shape index (κ3) is 5.69. The van der Waals surface area contributed by atoms with Crippen molar-refractivity contribution in [1.29, 1.82) is 0 Å². The SMILES string of the molecule is COc1ccc(NC2=C(c3ccc(OC(C)C)cc3)C(=O)N(CCOC(C)C)C2=O)c(OC)c1. The number of nitrogens with zero attached hydrogens (tertiary/aromatic N) is 1. The number of hydrogen-bond acceptors (Lipinski definition) is 7. The Bertz CT molecular complexity index is 1060. The molecule has 0 unspecified atom stereocenters. The van der Waals surface area contributed by atoms with Crippen LogP contribution in [0.3, 0.4) is 0 Å². The predicted octanol–water partition coefficient (Wildman–Crippen LogP) is 4.11. The molecule has 0 atom stereocenters. The van der Waals surface area contributed by atoms with Crippen LogP contribution in [-0.4, -0.2) is 56.3 Å². The number of carbonyl (C=O) groups is 2. The van der Waals surface area contributed by atoms with Gasteiger partial charge in [-0.2, -0.15) is 0 Å². The first-order valence-electron chi connectivity index (χ1n) is 11.2. The van der Waals surface area contributed by atoms with Crippen molar-refractivity contribution in [3.63, 3.8) is 0 Å². The van der Waals surface area contributed by atoms with E-state index in [-0.39, 0.29) is 42.5 Å². The number of ether oxygens (including phenoxy) is 4. The van der Waals surface area contributed by atoms with Crippen LogP contribution < -0.4 is 19.5 Å². The van der Waals surface area contributed by atoms with Crippen LogP contribution in [0.5, 0.6) is 17.2 Å². The van der Waals surface area contributed by atoms with Crippen LogP contribution in [0.15, 0.2) is 48.2 Å². The Balaban J connectivity index is 1.99. The number of nitrogens with one attached hydrogen (secondary N) is 1. The Morgan fingerprint density at radius 1 is 0.853 bits per heavy atom. The molecule has 0 bridgehead atoms. The second-order valence-electron chi connectivity index (χ2n) is 8.31. The first-order chi connectivity index (χ1) is 16.2. The minimum Gasteiger partial charge on any atom is -0.497 e. The van der Waals surface area contributed by atoms with Crippen LogP contribution in [0, 0.1) is 0 Å². The van der Waals surface area contributed by atoms with E-state index in [4.69, 9.17) is 18.9 Å². The molecule has 1 aliphatic rings. The molecule has 0 spiro atoms. The maximum Gasteiger partial charge on any atom is 0.278 e. The third-order valence-electron chi connectivity index (χ3n) is 5.12. The monoisotopic (exact) mass is 468 g/mol. The molecule has 34 heavy (non-hydrogen) atoms. The number of methoxy groups -OCH3 is 2. The fourth-order valence-electron chi connectivity index (χ4n) is 3.55. The van der Waals surface area contributed by atoms with E-state index in [2.05, 4.69) is 5.32 Å². The maximum atomic E-state index is 13.4. The van der Waals surface area contributed by atoms with E-state index in [1.54, 1.807) is 49.6 Å². The molecular weight excluding hydrogens is 436 g/mol. The van der Waals surface area contributed by atoms with Crippen LogP contribution in [0.2, 0.25) is 0 Å². The van der Waals surface area contributed by atoms with Gasteiger partial charge in [0.2, 0.25) is 0 Å². The van der Waals surface area contributed by atoms with E-state index >= 15 is 0 Å². The lowest BCUT2D eigenvalue weighted by Gasteiger charge is -2.17. The predicted molar refractivity (Wildman–Crippen MR) is 130 cm³/mol. The minimum absolute atomic E-state index is 0.00473. The van der Waals surface area contributed by atoms with Crippen molar-refractivity contribution in [3.8, 4) is 17.2 Å². The standard InChI is InChI=1S/C26H32N2O6/c1-16(2)33-14-13-28-25(29)23(18-7-9-19(10-8-18)34-17(3)4)24(26(28)30)27-21-12-11-20(31-5)15-22(21)32-6/h7-12,15-17,27H,13-14H2,1-6H3. The Labute approximate surface area is 200 Å². The maximum absolute atomic E-state index is 13.4. The average Bonchev–Trinajstić information content (AvgIpc) is 3.03. The summed E-state index contributed by atoms with van der Waals surface area (Å²) in [6, 6.07) is 12.3. The van der Waals surface area contributed by atoms with Gasteiger partial charge >= 0.3 is 0 Å².